The van der Waals surface area contributed by atoms with Gasteiger partial charge in [-0.3, -0.25) is 0 Å². The number of hydrogen-bond acceptors (Lipinski definition) is 5. The minimum atomic E-state index is 0.436. The lowest BCUT2D eigenvalue weighted by Crippen LogP contribution is -2.47. The summed E-state index contributed by atoms with van der Waals surface area (Å²) >= 11 is 5.81. The third kappa shape index (κ3) is 4.56. The van der Waals surface area contributed by atoms with Crippen LogP contribution in [-0.4, -0.2) is 68.6 Å². The topological polar surface area (TPSA) is 49.2 Å². The molecule has 0 atom stereocenters. The summed E-state index contributed by atoms with van der Waals surface area (Å²) in [4.78, 5) is 14.9. The number of likely N-dealkylation sites (tertiary alicyclic amines) is 2. The molecule has 7 heteroatoms. The fourth-order valence-corrected chi connectivity index (χ4v) is 5.46. The molecule has 0 radical (unpaired) electrons. The van der Waals surface area contributed by atoms with Crippen molar-refractivity contribution in [3.05, 3.63) is 43.0 Å². The van der Waals surface area contributed by atoms with Gasteiger partial charge in [0.25, 0.3) is 0 Å². The first-order valence-corrected chi connectivity index (χ1v) is 12.1. The van der Waals surface area contributed by atoms with E-state index in [-0.39, 0.29) is 0 Å². The number of aryl methyl sites for hydroxylation is 1. The fraction of sp³-hybridized carbons (Fsp3) is 0.480. The van der Waals surface area contributed by atoms with E-state index in [2.05, 4.69) is 56.4 Å². The van der Waals surface area contributed by atoms with Crippen LogP contribution in [0.15, 0.2) is 43.0 Å². The number of benzene rings is 1. The lowest BCUT2D eigenvalue weighted by Gasteiger charge is -2.41. The molecule has 0 spiro atoms. The number of hydrogen-bond donors (Lipinski definition) is 1. The van der Waals surface area contributed by atoms with Gasteiger partial charge >= 0.3 is 0 Å². The van der Waals surface area contributed by atoms with E-state index >= 15 is 0 Å². The number of pyridine rings is 1. The standard InChI is InChI=1S/C25H32N6S/c1-29-9-7-22(8-10-29)31-11-5-18(6-12-31)25(32)28-24-14-21-13-19(3-4-20(21)15-27-24)23-16-26-17-30(23)2/h3-4,13-18,22H,5-12H2,1-2H3,(H,27,28,32). The molecule has 6 nitrogen and oxygen atoms in total. The van der Waals surface area contributed by atoms with Crippen molar-refractivity contribution in [3.63, 3.8) is 0 Å². The van der Waals surface area contributed by atoms with E-state index in [1.54, 1.807) is 0 Å². The van der Waals surface area contributed by atoms with Gasteiger partial charge in [-0.15, -0.1) is 0 Å². The molecule has 168 valence electrons. The largest absolute Gasteiger partial charge is 0.334 e. The minimum absolute atomic E-state index is 0.436. The van der Waals surface area contributed by atoms with Crippen molar-refractivity contribution in [1.82, 2.24) is 24.3 Å². The zero-order valence-electron chi connectivity index (χ0n) is 19.0. The summed E-state index contributed by atoms with van der Waals surface area (Å²) in [6.07, 6.45) is 10.5. The molecule has 3 aromatic rings. The van der Waals surface area contributed by atoms with Crippen LogP contribution in [0.5, 0.6) is 0 Å². The number of fused-ring (bicyclic) bond motifs is 1. The second kappa shape index (κ2) is 9.25. The summed E-state index contributed by atoms with van der Waals surface area (Å²) in [5, 5.41) is 5.72. The molecule has 0 saturated carbocycles. The molecule has 2 fully saturated rings. The average molecular weight is 449 g/mol. The lowest BCUT2D eigenvalue weighted by atomic mass is 9.93. The van der Waals surface area contributed by atoms with Crippen LogP contribution in [0, 0.1) is 5.92 Å². The predicted octanol–water partition coefficient (Wildman–Crippen LogP) is 4.18. The lowest BCUT2D eigenvalue weighted by molar-refractivity contribution is 0.0955. The monoisotopic (exact) mass is 448 g/mol. The highest BCUT2D eigenvalue weighted by atomic mass is 32.1. The van der Waals surface area contributed by atoms with E-state index in [9.17, 15) is 0 Å². The summed E-state index contributed by atoms with van der Waals surface area (Å²) in [7, 11) is 4.25. The van der Waals surface area contributed by atoms with E-state index in [1.165, 1.54) is 25.9 Å². The first kappa shape index (κ1) is 21.5. The number of thiocarbonyl (C=S) groups is 1. The van der Waals surface area contributed by atoms with Crippen molar-refractivity contribution >= 4 is 33.8 Å². The molecular formula is C25H32N6S. The van der Waals surface area contributed by atoms with Gasteiger partial charge in [0, 0.05) is 36.2 Å². The SMILES string of the molecule is CN1CCC(N2CCC(C(=S)Nc3cc4cc(-c5cncn5C)ccc4cn3)CC2)CC1. The van der Waals surface area contributed by atoms with Crippen molar-refractivity contribution < 1.29 is 0 Å². The van der Waals surface area contributed by atoms with E-state index in [1.807, 2.05) is 30.3 Å². The van der Waals surface area contributed by atoms with Gasteiger partial charge in [0.05, 0.1) is 23.2 Å². The summed E-state index contributed by atoms with van der Waals surface area (Å²) in [6, 6.07) is 9.30. The quantitative estimate of drug-likeness (QED) is 0.604. The summed E-state index contributed by atoms with van der Waals surface area (Å²) in [5.74, 6) is 1.27. The van der Waals surface area contributed by atoms with E-state index in [4.69, 9.17) is 12.2 Å². The number of nitrogens with one attached hydrogen (secondary N) is 1. The average Bonchev–Trinajstić information content (AvgIpc) is 3.25. The fourth-order valence-electron chi connectivity index (χ4n) is 5.12. The Hall–Kier alpha value is -2.35. The number of anilines is 1. The van der Waals surface area contributed by atoms with Gasteiger partial charge in [-0.1, -0.05) is 24.4 Å². The molecule has 2 aliphatic heterocycles. The normalized spacial score (nSPS) is 19.4. The second-order valence-corrected chi connectivity index (χ2v) is 9.80. The van der Waals surface area contributed by atoms with Gasteiger partial charge < -0.3 is 19.7 Å². The zero-order valence-corrected chi connectivity index (χ0v) is 19.8. The third-order valence-corrected chi connectivity index (χ3v) is 7.63. The van der Waals surface area contributed by atoms with Crippen LogP contribution in [0.3, 0.4) is 0 Å². The number of aromatic nitrogens is 3. The van der Waals surface area contributed by atoms with Crippen LogP contribution in [0.4, 0.5) is 5.82 Å². The van der Waals surface area contributed by atoms with Crippen LogP contribution >= 0.6 is 12.2 Å². The number of nitrogens with zero attached hydrogens (tertiary/aromatic N) is 5. The van der Waals surface area contributed by atoms with Gasteiger partial charge in [-0.05, 0) is 76.4 Å². The molecule has 2 aromatic heterocycles. The van der Waals surface area contributed by atoms with Gasteiger partial charge in [0.1, 0.15) is 5.82 Å². The van der Waals surface area contributed by atoms with Crippen LogP contribution in [0.2, 0.25) is 0 Å². The predicted molar refractivity (Wildman–Crippen MR) is 135 cm³/mol. The van der Waals surface area contributed by atoms with Gasteiger partial charge in [-0.25, -0.2) is 9.97 Å². The Morgan fingerprint density at radius 3 is 2.47 bits per heavy atom. The molecule has 0 aliphatic carbocycles. The second-order valence-electron chi connectivity index (χ2n) is 9.36. The summed E-state index contributed by atoms with van der Waals surface area (Å²) < 4.78 is 2.04. The van der Waals surface area contributed by atoms with Gasteiger partial charge in [0.2, 0.25) is 0 Å². The first-order chi connectivity index (χ1) is 15.6. The number of imidazole rings is 1. The number of rotatable bonds is 4. The Bertz CT molecular complexity index is 1090. The Kier molecular flexibility index (Phi) is 6.22. The highest BCUT2D eigenvalue weighted by Gasteiger charge is 2.28. The van der Waals surface area contributed by atoms with E-state index in [0.717, 1.165) is 64.8 Å². The third-order valence-electron chi connectivity index (χ3n) is 7.19. The van der Waals surface area contributed by atoms with Crippen LogP contribution in [0.25, 0.3) is 22.0 Å². The Morgan fingerprint density at radius 1 is 0.969 bits per heavy atom. The van der Waals surface area contributed by atoms with E-state index in [0.29, 0.717) is 5.92 Å². The Morgan fingerprint density at radius 2 is 1.75 bits per heavy atom. The van der Waals surface area contributed by atoms with Crippen molar-refractivity contribution in [3.8, 4) is 11.3 Å². The summed E-state index contributed by atoms with van der Waals surface area (Å²) in [5.41, 5.74) is 2.25. The molecule has 1 aromatic carbocycles. The Labute approximate surface area is 195 Å². The highest BCUT2D eigenvalue weighted by molar-refractivity contribution is 7.80. The van der Waals surface area contributed by atoms with Crippen LogP contribution in [-0.2, 0) is 7.05 Å². The maximum Gasteiger partial charge on any atom is 0.131 e. The van der Waals surface area contributed by atoms with Crippen molar-refractivity contribution in [2.24, 2.45) is 13.0 Å². The first-order valence-electron chi connectivity index (χ1n) is 11.7. The van der Waals surface area contributed by atoms with Crippen molar-refractivity contribution in [2.45, 2.75) is 31.7 Å². The van der Waals surface area contributed by atoms with Crippen LogP contribution < -0.4 is 5.32 Å². The Balaban J connectivity index is 1.22. The molecule has 2 aliphatic rings. The molecule has 2 saturated heterocycles. The van der Waals surface area contributed by atoms with E-state index < -0.39 is 0 Å². The highest BCUT2D eigenvalue weighted by Crippen LogP contribution is 2.27. The van der Waals surface area contributed by atoms with Gasteiger partial charge in [-0.2, -0.15) is 0 Å². The molecule has 5 rings (SSSR count). The van der Waals surface area contributed by atoms with Crippen LogP contribution in [0.1, 0.15) is 25.7 Å². The molecule has 0 unspecified atom stereocenters. The molecule has 0 bridgehead atoms. The molecule has 1 N–H and O–H groups in total. The smallest absolute Gasteiger partial charge is 0.131 e. The van der Waals surface area contributed by atoms with Gasteiger partial charge in [0.15, 0.2) is 0 Å². The number of piperidine rings is 2. The molecular weight excluding hydrogens is 416 g/mol. The minimum Gasteiger partial charge on any atom is -0.334 e. The molecule has 0 amide bonds. The zero-order chi connectivity index (χ0) is 22.1. The molecule has 32 heavy (non-hydrogen) atoms. The maximum atomic E-state index is 5.81. The molecule has 4 heterocycles. The van der Waals surface area contributed by atoms with Crippen molar-refractivity contribution in [1.29, 1.82) is 0 Å². The van der Waals surface area contributed by atoms with Crippen molar-refractivity contribution in [2.75, 3.05) is 38.5 Å². The maximum absolute atomic E-state index is 5.81. The summed E-state index contributed by atoms with van der Waals surface area (Å²) in [6.45, 7) is 4.75.